The molecule has 6 aromatic rings. The number of carbonyl (C=O) groups is 2. The van der Waals surface area contributed by atoms with Gasteiger partial charge < -0.3 is 25.2 Å². The van der Waals surface area contributed by atoms with Gasteiger partial charge >= 0.3 is 11.9 Å². The van der Waals surface area contributed by atoms with E-state index in [9.17, 15) is 33.0 Å². The highest BCUT2D eigenvalue weighted by atomic mass is 19.2. The van der Waals surface area contributed by atoms with Gasteiger partial charge in [0.2, 0.25) is 0 Å². The van der Waals surface area contributed by atoms with Crippen LogP contribution in [0.1, 0.15) is 62.1 Å². The minimum atomic E-state index is -1.56. The Kier molecular flexibility index (Phi) is 8.96. The van der Waals surface area contributed by atoms with Gasteiger partial charge in [-0.25, -0.2) is 27.7 Å². The zero-order valence-electron chi connectivity index (χ0n) is 27.4. The Hall–Kier alpha value is -6.08. The SMILES string of the molecule is CN1CCC=C(c2ccccc2CNc2ccc3nccn3c2C(=O)O)CC1c1cc2ccc(NCc3cc(F)c(F)c(F)c3)c(C(=O)O)n2c1. The molecule has 1 unspecified atom stereocenters. The van der Waals surface area contributed by atoms with E-state index >= 15 is 0 Å². The number of imidazole rings is 1. The molecule has 0 radical (unpaired) electrons. The summed E-state index contributed by atoms with van der Waals surface area (Å²) >= 11 is 0. The highest BCUT2D eigenvalue weighted by molar-refractivity contribution is 5.94. The molecule has 4 aromatic heterocycles. The number of aromatic carboxylic acids is 2. The Morgan fingerprint density at radius 2 is 1.57 bits per heavy atom. The first-order valence-corrected chi connectivity index (χ1v) is 16.3. The summed E-state index contributed by atoms with van der Waals surface area (Å²) < 4.78 is 44.2. The number of aromatic nitrogens is 3. The van der Waals surface area contributed by atoms with E-state index in [0.29, 0.717) is 29.8 Å². The van der Waals surface area contributed by atoms with Crippen LogP contribution in [0.2, 0.25) is 0 Å². The summed E-state index contributed by atoms with van der Waals surface area (Å²) in [6.45, 7) is 1.01. The number of pyridine rings is 2. The van der Waals surface area contributed by atoms with Crippen LogP contribution >= 0.6 is 0 Å². The summed E-state index contributed by atoms with van der Waals surface area (Å²) in [5.41, 5.74) is 6.08. The number of benzene rings is 2. The van der Waals surface area contributed by atoms with Gasteiger partial charge in [0.15, 0.2) is 28.8 Å². The number of rotatable bonds is 10. The Labute approximate surface area is 290 Å². The quantitative estimate of drug-likeness (QED) is 0.109. The first-order valence-electron chi connectivity index (χ1n) is 16.3. The molecule has 1 atom stereocenters. The van der Waals surface area contributed by atoms with Crippen LogP contribution in [-0.2, 0) is 13.1 Å². The molecule has 10 nitrogen and oxygen atoms in total. The van der Waals surface area contributed by atoms with Crippen molar-refractivity contribution in [3.8, 4) is 0 Å². The Morgan fingerprint density at radius 1 is 0.882 bits per heavy atom. The molecule has 7 rings (SSSR count). The minimum Gasteiger partial charge on any atom is -0.476 e. The molecule has 1 aliphatic rings. The fourth-order valence-corrected chi connectivity index (χ4v) is 6.82. The molecule has 260 valence electrons. The first kappa shape index (κ1) is 33.4. The van der Waals surface area contributed by atoms with E-state index in [4.69, 9.17) is 0 Å². The van der Waals surface area contributed by atoms with Crippen LogP contribution in [0.4, 0.5) is 24.5 Å². The van der Waals surface area contributed by atoms with Gasteiger partial charge in [-0.3, -0.25) is 9.30 Å². The maximum Gasteiger partial charge on any atom is 0.355 e. The van der Waals surface area contributed by atoms with Crippen LogP contribution in [0.3, 0.4) is 0 Å². The second-order valence-corrected chi connectivity index (χ2v) is 12.5. The smallest absolute Gasteiger partial charge is 0.355 e. The summed E-state index contributed by atoms with van der Waals surface area (Å²) in [5, 5.41) is 26.5. The van der Waals surface area contributed by atoms with E-state index in [2.05, 4.69) is 32.7 Å². The second kappa shape index (κ2) is 13.7. The van der Waals surface area contributed by atoms with E-state index in [1.165, 1.54) is 4.40 Å². The average Bonchev–Trinajstić information content (AvgIpc) is 3.72. The molecule has 0 aliphatic carbocycles. The Balaban J connectivity index is 1.16. The number of nitrogens with one attached hydrogen (secondary N) is 2. The van der Waals surface area contributed by atoms with Crippen LogP contribution in [0.15, 0.2) is 91.4 Å². The third kappa shape index (κ3) is 6.51. The molecular formula is C38H33F3N6O4. The highest BCUT2D eigenvalue weighted by Crippen LogP contribution is 2.37. The lowest BCUT2D eigenvalue weighted by Gasteiger charge is -2.26. The van der Waals surface area contributed by atoms with E-state index in [0.717, 1.165) is 47.4 Å². The maximum absolute atomic E-state index is 13.8. The standard InChI is InChI=1S/C38H33F3N6O4/c1-45-13-4-6-23(27-7-3-2-5-24(27)20-44-31-10-11-33-42-12-14-46(33)35(31)37(48)49)18-32(45)25-17-26-8-9-30(36(38(50)51)47(26)21-25)43-19-22-15-28(39)34(41)29(40)16-22/h2-3,5-12,14-17,21,32,43-44H,4,13,18-20H2,1H3,(H,48,49)(H,50,51). The van der Waals surface area contributed by atoms with Crippen molar-refractivity contribution in [1.29, 1.82) is 0 Å². The first-order chi connectivity index (χ1) is 24.6. The van der Waals surface area contributed by atoms with Crippen molar-refractivity contribution in [3.05, 3.63) is 142 Å². The number of hydrogen-bond acceptors (Lipinski definition) is 6. The van der Waals surface area contributed by atoms with Gasteiger partial charge in [0.25, 0.3) is 0 Å². The van der Waals surface area contributed by atoms with Gasteiger partial charge in [0.05, 0.1) is 11.4 Å². The Bertz CT molecular complexity index is 2330. The number of halogens is 3. The van der Waals surface area contributed by atoms with Crippen molar-refractivity contribution in [2.24, 2.45) is 0 Å². The summed E-state index contributed by atoms with van der Waals surface area (Å²) in [7, 11) is 2.03. The number of fused-ring (bicyclic) bond motifs is 2. The van der Waals surface area contributed by atoms with Crippen molar-refractivity contribution in [1.82, 2.24) is 18.7 Å². The third-order valence-corrected chi connectivity index (χ3v) is 9.32. The Morgan fingerprint density at radius 3 is 2.31 bits per heavy atom. The summed E-state index contributed by atoms with van der Waals surface area (Å²) in [6, 6.07) is 18.4. The van der Waals surface area contributed by atoms with Crippen LogP contribution < -0.4 is 10.6 Å². The zero-order valence-corrected chi connectivity index (χ0v) is 27.4. The number of carboxylic acids is 2. The van der Waals surface area contributed by atoms with E-state index in [1.807, 2.05) is 31.3 Å². The fourth-order valence-electron chi connectivity index (χ4n) is 6.82. The molecule has 4 N–H and O–H groups in total. The van der Waals surface area contributed by atoms with Crippen LogP contribution in [0, 0.1) is 17.5 Å². The number of hydrogen-bond donors (Lipinski definition) is 4. The number of nitrogens with zero attached hydrogens (tertiary/aromatic N) is 4. The molecule has 5 heterocycles. The largest absolute Gasteiger partial charge is 0.476 e. The number of carboxylic acid groups (broad SMARTS) is 2. The van der Waals surface area contributed by atoms with Gasteiger partial charge in [-0.05, 0) is 90.2 Å². The molecular weight excluding hydrogens is 661 g/mol. The van der Waals surface area contributed by atoms with Crippen LogP contribution in [0.25, 0.3) is 16.7 Å². The predicted octanol–water partition coefficient (Wildman–Crippen LogP) is 7.48. The second-order valence-electron chi connectivity index (χ2n) is 12.5. The van der Waals surface area contributed by atoms with Gasteiger partial charge in [-0.15, -0.1) is 0 Å². The van der Waals surface area contributed by atoms with Gasteiger partial charge in [0.1, 0.15) is 5.65 Å². The van der Waals surface area contributed by atoms with Crippen LogP contribution in [-0.4, -0.2) is 54.4 Å². The van der Waals surface area contributed by atoms with E-state index in [-0.39, 0.29) is 35.2 Å². The lowest BCUT2D eigenvalue weighted by molar-refractivity contribution is 0.0679. The summed E-state index contributed by atoms with van der Waals surface area (Å²) in [6.07, 6.45) is 8.61. The average molecular weight is 695 g/mol. The summed E-state index contributed by atoms with van der Waals surface area (Å²) in [5.74, 6) is -6.48. The number of anilines is 2. The van der Waals surface area contributed by atoms with Gasteiger partial charge in [-0.2, -0.15) is 0 Å². The van der Waals surface area contributed by atoms with Crippen molar-refractivity contribution in [2.75, 3.05) is 24.2 Å². The molecule has 51 heavy (non-hydrogen) atoms. The van der Waals surface area contributed by atoms with E-state index < -0.39 is 29.4 Å². The fraction of sp³-hybridized carbons (Fsp3) is 0.184. The normalized spacial score (nSPS) is 15.1. The molecule has 13 heteroatoms. The van der Waals surface area contributed by atoms with Crippen molar-refractivity contribution >= 4 is 40.1 Å². The van der Waals surface area contributed by atoms with Crippen molar-refractivity contribution < 1.29 is 33.0 Å². The van der Waals surface area contributed by atoms with Crippen molar-refractivity contribution in [3.63, 3.8) is 0 Å². The molecule has 0 spiro atoms. The molecule has 0 fully saturated rings. The monoisotopic (exact) mass is 694 g/mol. The lowest BCUT2D eigenvalue weighted by Crippen LogP contribution is -2.24. The predicted molar refractivity (Wildman–Crippen MR) is 187 cm³/mol. The molecule has 1 aliphatic heterocycles. The lowest BCUT2D eigenvalue weighted by atomic mass is 9.92. The van der Waals surface area contributed by atoms with Crippen molar-refractivity contribution in [2.45, 2.75) is 32.0 Å². The highest BCUT2D eigenvalue weighted by Gasteiger charge is 2.26. The van der Waals surface area contributed by atoms with Gasteiger partial charge in [0, 0.05) is 49.8 Å². The maximum atomic E-state index is 13.8. The topological polar surface area (TPSA) is 124 Å². The molecule has 0 saturated heterocycles. The zero-order chi connectivity index (χ0) is 35.8. The molecule has 0 saturated carbocycles. The minimum absolute atomic E-state index is 0.0557. The summed E-state index contributed by atoms with van der Waals surface area (Å²) in [4.78, 5) is 31.2. The van der Waals surface area contributed by atoms with Gasteiger partial charge in [-0.1, -0.05) is 30.3 Å². The van der Waals surface area contributed by atoms with E-state index in [1.54, 1.807) is 47.3 Å². The molecule has 0 amide bonds. The third-order valence-electron chi connectivity index (χ3n) is 9.32. The van der Waals surface area contributed by atoms with Crippen LogP contribution in [0.5, 0.6) is 0 Å². The molecule has 0 bridgehead atoms. The molecule has 2 aromatic carbocycles.